The Labute approximate surface area is 141 Å². The number of hydrogen-bond acceptors (Lipinski definition) is 5. The van der Waals surface area contributed by atoms with Gasteiger partial charge < -0.3 is 19.5 Å². The smallest absolute Gasteiger partial charge is 0.244 e. The Bertz CT molecular complexity index is 689. The molecule has 6 heteroatoms. The molecule has 126 valence electrons. The molecule has 1 aromatic carbocycles. The summed E-state index contributed by atoms with van der Waals surface area (Å²) in [4.78, 5) is 16.0. The van der Waals surface area contributed by atoms with Crippen LogP contribution in [0.4, 0.5) is 0 Å². The summed E-state index contributed by atoms with van der Waals surface area (Å²) >= 11 is 0. The maximum Gasteiger partial charge on any atom is 0.244 e. The van der Waals surface area contributed by atoms with E-state index in [0.29, 0.717) is 23.8 Å². The Hall–Kier alpha value is -3.02. The maximum absolute atomic E-state index is 11.9. The second-order valence-electron chi connectivity index (χ2n) is 4.84. The number of hydrogen-bond donors (Lipinski definition) is 1. The number of amides is 1. The van der Waals surface area contributed by atoms with Crippen LogP contribution in [-0.2, 0) is 11.3 Å². The van der Waals surface area contributed by atoms with Crippen molar-refractivity contribution in [1.82, 2.24) is 10.3 Å². The minimum atomic E-state index is -0.214. The number of aromatic nitrogens is 1. The molecule has 24 heavy (non-hydrogen) atoms. The topological polar surface area (TPSA) is 69.7 Å². The van der Waals surface area contributed by atoms with Gasteiger partial charge in [0, 0.05) is 18.8 Å². The lowest BCUT2D eigenvalue weighted by Gasteiger charge is -2.14. The molecule has 2 aromatic rings. The van der Waals surface area contributed by atoms with Gasteiger partial charge in [-0.1, -0.05) is 6.07 Å². The molecular formula is C18H20N2O4. The van der Waals surface area contributed by atoms with E-state index in [9.17, 15) is 4.79 Å². The predicted octanol–water partition coefficient (Wildman–Crippen LogP) is 2.44. The largest absolute Gasteiger partial charge is 0.493 e. The van der Waals surface area contributed by atoms with Gasteiger partial charge in [-0.05, 0) is 35.9 Å². The Kier molecular flexibility index (Phi) is 6.19. The van der Waals surface area contributed by atoms with Crippen molar-refractivity contribution in [3.63, 3.8) is 0 Å². The zero-order chi connectivity index (χ0) is 17.4. The summed E-state index contributed by atoms with van der Waals surface area (Å²) in [6.07, 6.45) is 4.78. The molecule has 0 atom stereocenters. The Morgan fingerprint density at radius 3 is 2.38 bits per heavy atom. The minimum absolute atomic E-state index is 0.214. The normalized spacial score (nSPS) is 10.5. The van der Waals surface area contributed by atoms with Gasteiger partial charge in [0.05, 0.1) is 27.0 Å². The molecule has 1 N–H and O–H groups in total. The number of carbonyl (C=O) groups is 1. The lowest BCUT2D eigenvalue weighted by molar-refractivity contribution is -0.116. The van der Waals surface area contributed by atoms with E-state index >= 15 is 0 Å². The van der Waals surface area contributed by atoms with Gasteiger partial charge in [0.25, 0.3) is 0 Å². The molecule has 6 nitrogen and oxygen atoms in total. The first-order valence-electron chi connectivity index (χ1n) is 7.33. The molecule has 0 aliphatic carbocycles. The van der Waals surface area contributed by atoms with Gasteiger partial charge in [-0.15, -0.1) is 0 Å². The molecule has 0 fully saturated rings. The highest BCUT2D eigenvalue weighted by atomic mass is 16.5. The quantitative estimate of drug-likeness (QED) is 0.791. The average molecular weight is 328 g/mol. The third-order valence-corrected chi connectivity index (χ3v) is 3.28. The number of nitrogens with one attached hydrogen (secondary N) is 1. The molecule has 0 spiro atoms. The van der Waals surface area contributed by atoms with Crippen molar-refractivity contribution >= 4 is 12.0 Å². The van der Waals surface area contributed by atoms with Crippen LogP contribution in [0.15, 0.2) is 42.6 Å². The number of rotatable bonds is 7. The van der Waals surface area contributed by atoms with Crippen molar-refractivity contribution in [2.75, 3.05) is 21.3 Å². The van der Waals surface area contributed by atoms with E-state index in [0.717, 1.165) is 11.3 Å². The van der Waals surface area contributed by atoms with Gasteiger partial charge in [-0.25, -0.2) is 0 Å². The monoisotopic (exact) mass is 328 g/mol. The lowest BCUT2D eigenvalue weighted by Crippen LogP contribution is -2.20. The van der Waals surface area contributed by atoms with E-state index in [1.54, 1.807) is 45.7 Å². The van der Waals surface area contributed by atoms with E-state index in [1.807, 2.05) is 18.2 Å². The lowest BCUT2D eigenvalue weighted by atomic mass is 10.1. The van der Waals surface area contributed by atoms with E-state index < -0.39 is 0 Å². The van der Waals surface area contributed by atoms with Crippen molar-refractivity contribution in [2.24, 2.45) is 0 Å². The van der Waals surface area contributed by atoms with Crippen LogP contribution in [0, 0.1) is 0 Å². The zero-order valence-corrected chi connectivity index (χ0v) is 13.9. The molecule has 0 aliphatic heterocycles. The molecule has 0 bridgehead atoms. The van der Waals surface area contributed by atoms with Gasteiger partial charge in [-0.2, -0.15) is 0 Å². The summed E-state index contributed by atoms with van der Waals surface area (Å²) in [5.41, 5.74) is 1.56. The fourth-order valence-corrected chi connectivity index (χ4v) is 2.12. The molecule has 0 radical (unpaired) electrons. The Morgan fingerprint density at radius 2 is 1.83 bits per heavy atom. The number of methoxy groups -OCH3 is 3. The van der Waals surface area contributed by atoms with Gasteiger partial charge in [0.15, 0.2) is 11.5 Å². The molecule has 0 saturated heterocycles. The Morgan fingerprint density at radius 1 is 1.12 bits per heavy atom. The van der Waals surface area contributed by atoms with Crippen LogP contribution in [0.25, 0.3) is 6.08 Å². The molecule has 1 aromatic heterocycles. The van der Waals surface area contributed by atoms with Crippen molar-refractivity contribution < 1.29 is 19.0 Å². The zero-order valence-electron chi connectivity index (χ0n) is 13.9. The summed E-state index contributed by atoms with van der Waals surface area (Å²) < 4.78 is 15.9. The van der Waals surface area contributed by atoms with Gasteiger partial charge in [0.1, 0.15) is 0 Å². The van der Waals surface area contributed by atoms with Crippen LogP contribution < -0.4 is 19.5 Å². The molecule has 0 saturated carbocycles. The van der Waals surface area contributed by atoms with Crippen LogP contribution >= 0.6 is 0 Å². The first-order valence-corrected chi connectivity index (χ1v) is 7.33. The Balaban J connectivity index is 2.03. The van der Waals surface area contributed by atoms with E-state index in [2.05, 4.69) is 10.3 Å². The van der Waals surface area contributed by atoms with E-state index in [4.69, 9.17) is 14.2 Å². The summed E-state index contributed by atoms with van der Waals surface area (Å²) in [6, 6.07) is 9.10. The number of ether oxygens (including phenoxy) is 3. The highest BCUT2D eigenvalue weighted by Gasteiger charge is 2.13. The van der Waals surface area contributed by atoms with Crippen LogP contribution in [0.2, 0.25) is 0 Å². The van der Waals surface area contributed by atoms with Crippen molar-refractivity contribution in [1.29, 1.82) is 0 Å². The standard InChI is InChI=1S/C18H20N2O4/c1-22-15-10-13(11-16(23-2)18(15)24-3)12-20-17(21)8-7-14-6-4-5-9-19-14/h4-11H,12H2,1-3H3,(H,20,21)/b8-7+. The van der Waals surface area contributed by atoms with E-state index in [1.165, 1.54) is 6.08 Å². The summed E-state index contributed by atoms with van der Waals surface area (Å²) in [5, 5.41) is 2.80. The molecule has 1 amide bonds. The summed E-state index contributed by atoms with van der Waals surface area (Å²) in [7, 11) is 4.65. The third-order valence-electron chi connectivity index (χ3n) is 3.28. The fourth-order valence-electron chi connectivity index (χ4n) is 2.12. The second kappa shape index (κ2) is 8.57. The third kappa shape index (κ3) is 4.49. The highest BCUT2D eigenvalue weighted by Crippen LogP contribution is 2.38. The number of pyridine rings is 1. The molecular weight excluding hydrogens is 308 g/mol. The van der Waals surface area contributed by atoms with Crippen LogP contribution in [0.1, 0.15) is 11.3 Å². The van der Waals surface area contributed by atoms with Gasteiger partial charge in [-0.3, -0.25) is 9.78 Å². The van der Waals surface area contributed by atoms with Crippen LogP contribution in [0.5, 0.6) is 17.2 Å². The molecule has 0 aliphatic rings. The number of carbonyl (C=O) groups excluding carboxylic acids is 1. The van der Waals surface area contributed by atoms with E-state index in [-0.39, 0.29) is 5.91 Å². The second-order valence-corrected chi connectivity index (χ2v) is 4.84. The average Bonchev–Trinajstić information content (AvgIpc) is 2.64. The molecule has 2 rings (SSSR count). The summed E-state index contributed by atoms with van der Waals surface area (Å²) in [6.45, 7) is 0.335. The van der Waals surface area contributed by atoms with Crippen LogP contribution in [-0.4, -0.2) is 32.2 Å². The first-order chi connectivity index (χ1) is 11.7. The van der Waals surface area contributed by atoms with Crippen LogP contribution in [0.3, 0.4) is 0 Å². The SMILES string of the molecule is COc1cc(CNC(=O)/C=C/c2ccccn2)cc(OC)c1OC. The van der Waals surface area contributed by atoms with Crippen molar-refractivity contribution in [3.8, 4) is 17.2 Å². The molecule has 0 unspecified atom stereocenters. The highest BCUT2D eigenvalue weighted by molar-refractivity contribution is 5.91. The predicted molar refractivity (Wildman–Crippen MR) is 91.2 cm³/mol. The first kappa shape index (κ1) is 17.3. The van der Waals surface area contributed by atoms with Gasteiger partial charge in [0.2, 0.25) is 11.7 Å². The maximum atomic E-state index is 11.9. The molecule has 1 heterocycles. The summed E-state index contributed by atoms with van der Waals surface area (Å²) in [5.74, 6) is 1.40. The van der Waals surface area contributed by atoms with Crippen molar-refractivity contribution in [2.45, 2.75) is 6.54 Å². The number of benzene rings is 1. The number of nitrogens with zero attached hydrogens (tertiary/aromatic N) is 1. The van der Waals surface area contributed by atoms with Crippen molar-refractivity contribution in [3.05, 3.63) is 53.9 Å². The van der Waals surface area contributed by atoms with Gasteiger partial charge >= 0.3 is 0 Å². The minimum Gasteiger partial charge on any atom is -0.493 e. The fraction of sp³-hybridized carbons (Fsp3) is 0.222.